The van der Waals surface area contributed by atoms with Crippen LogP contribution in [0.15, 0.2) is 24.7 Å². The van der Waals surface area contributed by atoms with Crippen molar-refractivity contribution in [2.75, 3.05) is 12.4 Å². The van der Waals surface area contributed by atoms with Crippen molar-refractivity contribution in [3.63, 3.8) is 0 Å². The normalized spacial score (nSPS) is 19.9. The van der Waals surface area contributed by atoms with Gasteiger partial charge in [-0.05, 0) is 45.6 Å². The topological polar surface area (TPSA) is 108 Å². The molecular formula is C25H29F2N5O4. The molecule has 4 rings (SSSR count). The Balaban J connectivity index is 1.71. The third kappa shape index (κ3) is 5.14. The lowest BCUT2D eigenvalue weighted by atomic mass is 10.00. The molecule has 3 aromatic rings. The summed E-state index contributed by atoms with van der Waals surface area (Å²) in [5.74, 6) is -1.69. The summed E-state index contributed by atoms with van der Waals surface area (Å²) in [6.07, 6.45) is 4.62. The van der Waals surface area contributed by atoms with Crippen LogP contribution in [0.3, 0.4) is 0 Å². The number of nitrogens with one attached hydrogen (secondary N) is 1. The highest BCUT2D eigenvalue weighted by Gasteiger charge is 2.38. The fraction of sp³-hybridized carbons (Fsp3) is 0.480. The van der Waals surface area contributed by atoms with Crippen LogP contribution in [0.25, 0.3) is 22.4 Å². The number of aromatic nitrogens is 4. The predicted octanol–water partition coefficient (Wildman–Crippen LogP) is 4.94. The summed E-state index contributed by atoms with van der Waals surface area (Å²) in [6, 6.07) is 1.02. The number of nitrogens with zero attached hydrogens (tertiary/aromatic N) is 4. The van der Waals surface area contributed by atoms with Gasteiger partial charge in [0.15, 0.2) is 17.5 Å². The van der Waals surface area contributed by atoms with Gasteiger partial charge in [0.2, 0.25) is 0 Å². The summed E-state index contributed by atoms with van der Waals surface area (Å²) in [4.78, 5) is 37.3. The molecule has 0 spiro atoms. The van der Waals surface area contributed by atoms with Crippen LogP contribution in [0.2, 0.25) is 0 Å². The molecule has 1 fully saturated rings. The SMILES string of the molecule is CC[C@H]1CC(C(=O)OC)C[C@H]1Nc1nc(-c2cn(C(=O)OC(C)(C)C)c3ncc(F)cc23)ncc1F. The van der Waals surface area contributed by atoms with E-state index in [0.29, 0.717) is 12.8 Å². The largest absolute Gasteiger partial charge is 0.469 e. The smallest absolute Gasteiger partial charge is 0.420 e. The molecule has 1 aliphatic carbocycles. The first kappa shape index (κ1) is 25.5. The Kier molecular flexibility index (Phi) is 6.92. The molecule has 1 unspecified atom stereocenters. The predicted molar refractivity (Wildman–Crippen MR) is 128 cm³/mol. The minimum atomic E-state index is -0.767. The van der Waals surface area contributed by atoms with Gasteiger partial charge in [-0.15, -0.1) is 0 Å². The fourth-order valence-electron chi connectivity index (χ4n) is 4.60. The number of hydrogen-bond acceptors (Lipinski definition) is 8. The monoisotopic (exact) mass is 501 g/mol. The molecule has 0 aliphatic heterocycles. The van der Waals surface area contributed by atoms with E-state index in [9.17, 15) is 18.4 Å². The average Bonchev–Trinajstić information content (AvgIpc) is 3.40. The van der Waals surface area contributed by atoms with Gasteiger partial charge in [-0.3, -0.25) is 4.79 Å². The lowest BCUT2D eigenvalue weighted by molar-refractivity contribution is -0.145. The van der Waals surface area contributed by atoms with Crippen LogP contribution in [0.5, 0.6) is 0 Å². The molecule has 1 saturated carbocycles. The molecule has 9 nitrogen and oxygen atoms in total. The molecule has 36 heavy (non-hydrogen) atoms. The molecular weight excluding hydrogens is 472 g/mol. The standard InChI is InChI=1S/C25H29F2N5O4/c1-6-13-7-14(23(33)35-5)8-19(13)30-21-18(27)11-28-20(31-21)17-12-32(24(34)36-25(2,3)4)22-16(17)9-15(26)10-29-22/h9-14,19H,6-8H2,1-5H3,(H,28,30,31)/t13-,14?,19+/m0/s1. The maximum atomic E-state index is 14.8. The summed E-state index contributed by atoms with van der Waals surface area (Å²) < 4.78 is 40.3. The number of halogens is 2. The van der Waals surface area contributed by atoms with Gasteiger partial charge in [0.1, 0.15) is 17.1 Å². The molecule has 1 N–H and O–H groups in total. The number of hydrogen-bond donors (Lipinski definition) is 1. The molecule has 0 saturated heterocycles. The minimum Gasteiger partial charge on any atom is -0.469 e. The number of esters is 1. The molecule has 3 atom stereocenters. The Labute approximate surface area is 207 Å². The van der Waals surface area contributed by atoms with Crippen LogP contribution >= 0.6 is 0 Å². The Morgan fingerprint density at radius 2 is 1.94 bits per heavy atom. The number of carbonyl (C=O) groups excluding carboxylic acids is 2. The van der Waals surface area contributed by atoms with Crippen molar-refractivity contribution >= 4 is 28.9 Å². The van der Waals surface area contributed by atoms with Gasteiger partial charge >= 0.3 is 12.1 Å². The van der Waals surface area contributed by atoms with E-state index in [2.05, 4.69) is 20.3 Å². The van der Waals surface area contributed by atoms with Gasteiger partial charge < -0.3 is 14.8 Å². The number of anilines is 1. The van der Waals surface area contributed by atoms with Crippen molar-refractivity contribution in [2.24, 2.45) is 11.8 Å². The van der Waals surface area contributed by atoms with Gasteiger partial charge in [0.05, 0.1) is 25.4 Å². The molecule has 0 aromatic carbocycles. The Morgan fingerprint density at radius 3 is 2.61 bits per heavy atom. The summed E-state index contributed by atoms with van der Waals surface area (Å²) in [5, 5.41) is 3.40. The van der Waals surface area contributed by atoms with E-state index in [1.54, 1.807) is 20.8 Å². The first-order valence-electron chi connectivity index (χ1n) is 11.8. The maximum Gasteiger partial charge on any atom is 0.420 e. The highest BCUT2D eigenvalue weighted by Crippen LogP contribution is 2.37. The lowest BCUT2D eigenvalue weighted by Crippen LogP contribution is -2.26. The molecule has 0 radical (unpaired) electrons. The van der Waals surface area contributed by atoms with Crippen LogP contribution in [0.4, 0.5) is 19.4 Å². The van der Waals surface area contributed by atoms with E-state index in [1.807, 2.05) is 6.92 Å². The quantitative estimate of drug-likeness (QED) is 0.490. The van der Waals surface area contributed by atoms with Gasteiger partial charge in [-0.1, -0.05) is 13.3 Å². The number of ether oxygens (including phenoxy) is 2. The number of rotatable bonds is 5. The van der Waals surface area contributed by atoms with E-state index in [4.69, 9.17) is 9.47 Å². The Bertz CT molecular complexity index is 1300. The van der Waals surface area contributed by atoms with Crippen LogP contribution in [-0.2, 0) is 14.3 Å². The fourth-order valence-corrected chi connectivity index (χ4v) is 4.60. The van der Waals surface area contributed by atoms with E-state index in [0.717, 1.165) is 23.4 Å². The van der Waals surface area contributed by atoms with Crippen molar-refractivity contribution in [1.82, 2.24) is 19.5 Å². The second kappa shape index (κ2) is 9.79. The summed E-state index contributed by atoms with van der Waals surface area (Å²) >= 11 is 0. The molecule has 0 bridgehead atoms. The number of pyridine rings is 1. The summed E-state index contributed by atoms with van der Waals surface area (Å²) in [7, 11) is 1.35. The number of fused-ring (bicyclic) bond motifs is 1. The molecule has 192 valence electrons. The van der Waals surface area contributed by atoms with Gasteiger partial charge in [-0.2, -0.15) is 0 Å². The lowest BCUT2D eigenvalue weighted by Gasteiger charge is -2.20. The molecule has 3 heterocycles. The van der Waals surface area contributed by atoms with Crippen molar-refractivity contribution in [1.29, 1.82) is 0 Å². The Morgan fingerprint density at radius 1 is 1.19 bits per heavy atom. The van der Waals surface area contributed by atoms with Crippen molar-refractivity contribution < 1.29 is 27.8 Å². The van der Waals surface area contributed by atoms with E-state index in [1.165, 1.54) is 19.4 Å². The van der Waals surface area contributed by atoms with Crippen LogP contribution in [-0.4, -0.2) is 50.3 Å². The van der Waals surface area contributed by atoms with Gasteiger partial charge in [0, 0.05) is 23.2 Å². The molecule has 3 aromatic heterocycles. The van der Waals surface area contributed by atoms with Crippen LogP contribution in [0.1, 0.15) is 47.0 Å². The summed E-state index contributed by atoms with van der Waals surface area (Å²) in [6.45, 7) is 7.18. The van der Waals surface area contributed by atoms with Crippen molar-refractivity contribution in [3.8, 4) is 11.4 Å². The number of methoxy groups -OCH3 is 1. The highest BCUT2D eigenvalue weighted by molar-refractivity contribution is 5.97. The van der Waals surface area contributed by atoms with Crippen molar-refractivity contribution in [3.05, 3.63) is 36.3 Å². The minimum absolute atomic E-state index is 0.0449. The van der Waals surface area contributed by atoms with E-state index in [-0.39, 0.29) is 52.1 Å². The summed E-state index contributed by atoms with van der Waals surface area (Å²) in [5.41, 5.74) is -0.320. The van der Waals surface area contributed by atoms with E-state index < -0.39 is 23.3 Å². The zero-order valence-electron chi connectivity index (χ0n) is 20.8. The van der Waals surface area contributed by atoms with Gasteiger partial charge in [0.25, 0.3) is 0 Å². The first-order valence-corrected chi connectivity index (χ1v) is 11.8. The van der Waals surface area contributed by atoms with E-state index >= 15 is 0 Å². The molecule has 11 heteroatoms. The molecule has 0 amide bonds. The van der Waals surface area contributed by atoms with Crippen LogP contribution in [0, 0.1) is 23.5 Å². The highest BCUT2D eigenvalue weighted by atomic mass is 19.1. The maximum absolute atomic E-state index is 14.8. The number of carbonyl (C=O) groups is 2. The average molecular weight is 502 g/mol. The third-order valence-electron chi connectivity index (χ3n) is 6.26. The molecule has 1 aliphatic rings. The zero-order chi connectivity index (χ0) is 26.2. The second-order valence-electron chi connectivity index (χ2n) is 9.92. The first-order chi connectivity index (χ1) is 17.0. The van der Waals surface area contributed by atoms with Gasteiger partial charge in [-0.25, -0.2) is 33.1 Å². The van der Waals surface area contributed by atoms with Crippen molar-refractivity contribution in [2.45, 2.75) is 58.6 Å². The second-order valence-corrected chi connectivity index (χ2v) is 9.92. The Hall–Kier alpha value is -3.63. The van der Waals surface area contributed by atoms with Crippen LogP contribution < -0.4 is 5.32 Å². The zero-order valence-corrected chi connectivity index (χ0v) is 20.8. The third-order valence-corrected chi connectivity index (χ3v) is 6.26.